The Morgan fingerprint density at radius 2 is 1.80 bits per heavy atom. The molecule has 0 aliphatic heterocycles. The first kappa shape index (κ1) is 13.6. The largest absolute Gasteiger partial charge is 0.436 e. The van der Waals surface area contributed by atoms with Crippen molar-refractivity contribution in [2.75, 3.05) is 5.73 Å². The molecule has 3 aromatic rings. The van der Waals surface area contributed by atoms with Crippen molar-refractivity contribution in [2.24, 2.45) is 0 Å². The quantitative estimate of drug-likeness (QED) is 0.574. The zero-order valence-corrected chi connectivity index (χ0v) is 14.2. The number of benzene rings is 2. The summed E-state index contributed by atoms with van der Waals surface area (Å²) in [5, 5.41) is 0. The van der Waals surface area contributed by atoms with Crippen LogP contribution < -0.4 is 5.73 Å². The molecule has 0 amide bonds. The SMILES string of the molecule is Cc1ccccc1-c1nc2c(Br)c(N)c(Br)c(C)c2o1. The minimum absolute atomic E-state index is 0.611. The number of rotatable bonds is 1. The topological polar surface area (TPSA) is 52.0 Å². The summed E-state index contributed by atoms with van der Waals surface area (Å²) in [7, 11) is 0. The maximum Gasteiger partial charge on any atom is 0.227 e. The lowest BCUT2D eigenvalue weighted by Gasteiger charge is -2.05. The van der Waals surface area contributed by atoms with Crippen molar-refractivity contribution >= 4 is 48.6 Å². The van der Waals surface area contributed by atoms with Gasteiger partial charge in [-0.25, -0.2) is 4.98 Å². The van der Waals surface area contributed by atoms with Gasteiger partial charge >= 0.3 is 0 Å². The zero-order chi connectivity index (χ0) is 14.4. The van der Waals surface area contributed by atoms with Crippen LogP contribution >= 0.6 is 31.9 Å². The fourth-order valence-corrected chi connectivity index (χ4v) is 3.29. The average Bonchev–Trinajstić information content (AvgIpc) is 2.88. The molecule has 0 aliphatic carbocycles. The van der Waals surface area contributed by atoms with Crippen LogP contribution in [-0.2, 0) is 0 Å². The van der Waals surface area contributed by atoms with Crippen LogP contribution in [0.5, 0.6) is 0 Å². The van der Waals surface area contributed by atoms with E-state index < -0.39 is 0 Å². The molecule has 0 spiro atoms. The lowest BCUT2D eigenvalue weighted by Crippen LogP contribution is -1.92. The summed E-state index contributed by atoms with van der Waals surface area (Å²) in [6.07, 6.45) is 0. The minimum atomic E-state index is 0.611. The van der Waals surface area contributed by atoms with E-state index in [2.05, 4.69) is 36.8 Å². The van der Waals surface area contributed by atoms with E-state index in [9.17, 15) is 0 Å². The molecular weight excluding hydrogens is 384 g/mol. The Hall–Kier alpha value is -1.33. The van der Waals surface area contributed by atoms with E-state index in [0.29, 0.717) is 11.6 Å². The number of hydrogen-bond acceptors (Lipinski definition) is 3. The summed E-state index contributed by atoms with van der Waals surface area (Å²) in [4.78, 5) is 4.59. The molecule has 3 nitrogen and oxygen atoms in total. The molecule has 2 N–H and O–H groups in total. The molecule has 0 fully saturated rings. The highest BCUT2D eigenvalue weighted by Gasteiger charge is 2.19. The van der Waals surface area contributed by atoms with Crippen molar-refractivity contribution < 1.29 is 4.42 Å². The summed E-state index contributed by atoms with van der Waals surface area (Å²) in [6, 6.07) is 8.01. The van der Waals surface area contributed by atoms with Crippen molar-refractivity contribution in [3.8, 4) is 11.5 Å². The van der Waals surface area contributed by atoms with Crippen LogP contribution in [0, 0.1) is 13.8 Å². The summed E-state index contributed by atoms with van der Waals surface area (Å²) < 4.78 is 7.55. The van der Waals surface area contributed by atoms with Gasteiger partial charge in [-0.3, -0.25) is 0 Å². The third-order valence-corrected chi connectivity index (χ3v) is 5.18. The van der Waals surface area contributed by atoms with Gasteiger partial charge in [0.2, 0.25) is 5.89 Å². The highest BCUT2D eigenvalue weighted by atomic mass is 79.9. The molecule has 1 aromatic heterocycles. The van der Waals surface area contributed by atoms with Crippen molar-refractivity contribution in [3.05, 3.63) is 44.3 Å². The molecule has 20 heavy (non-hydrogen) atoms. The van der Waals surface area contributed by atoms with Gasteiger partial charge in [0.25, 0.3) is 0 Å². The smallest absolute Gasteiger partial charge is 0.227 e. The van der Waals surface area contributed by atoms with E-state index in [-0.39, 0.29) is 0 Å². The van der Waals surface area contributed by atoms with Gasteiger partial charge in [0.05, 0.1) is 10.2 Å². The second-order valence-electron chi connectivity index (χ2n) is 4.68. The fourth-order valence-electron chi connectivity index (χ4n) is 2.18. The molecular formula is C15H12Br2N2O. The molecule has 0 bridgehead atoms. The Morgan fingerprint density at radius 1 is 1.10 bits per heavy atom. The van der Waals surface area contributed by atoms with Crippen LogP contribution in [0.25, 0.3) is 22.6 Å². The van der Waals surface area contributed by atoms with Gasteiger partial charge in [0.1, 0.15) is 5.52 Å². The van der Waals surface area contributed by atoms with Crippen molar-refractivity contribution in [1.82, 2.24) is 4.98 Å². The molecule has 2 aromatic carbocycles. The number of hydrogen-bond donors (Lipinski definition) is 1. The normalized spacial score (nSPS) is 11.2. The lowest BCUT2D eigenvalue weighted by atomic mass is 10.1. The van der Waals surface area contributed by atoms with Crippen LogP contribution in [0.3, 0.4) is 0 Å². The number of aromatic nitrogens is 1. The maximum absolute atomic E-state index is 6.05. The van der Waals surface area contributed by atoms with E-state index in [1.165, 1.54) is 0 Å². The predicted molar refractivity (Wildman–Crippen MR) is 88.7 cm³/mol. The first-order chi connectivity index (χ1) is 9.50. The minimum Gasteiger partial charge on any atom is -0.436 e. The van der Waals surface area contributed by atoms with E-state index >= 15 is 0 Å². The molecule has 0 saturated carbocycles. The Labute approximate surface area is 133 Å². The van der Waals surface area contributed by atoms with Crippen molar-refractivity contribution in [1.29, 1.82) is 0 Å². The van der Waals surface area contributed by atoms with E-state index in [4.69, 9.17) is 10.2 Å². The van der Waals surface area contributed by atoms with Gasteiger partial charge in [0, 0.05) is 15.6 Å². The number of nitrogens with zero attached hydrogens (tertiary/aromatic N) is 1. The monoisotopic (exact) mass is 394 g/mol. The molecule has 5 heteroatoms. The summed E-state index contributed by atoms with van der Waals surface area (Å²) in [5.74, 6) is 0.611. The lowest BCUT2D eigenvalue weighted by molar-refractivity contribution is 0.616. The van der Waals surface area contributed by atoms with Gasteiger partial charge in [-0.05, 0) is 57.3 Å². The van der Waals surface area contributed by atoms with Gasteiger partial charge in [0.15, 0.2) is 5.58 Å². The number of nitrogens with two attached hydrogens (primary N) is 1. The van der Waals surface area contributed by atoms with Gasteiger partial charge in [-0.15, -0.1) is 0 Å². The Balaban J connectivity index is 2.35. The number of anilines is 1. The van der Waals surface area contributed by atoms with Crippen LogP contribution in [0.2, 0.25) is 0 Å². The highest BCUT2D eigenvalue weighted by Crippen LogP contribution is 2.40. The molecule has 0 radical (unpaired) electrons. The zero-order valence-electron chi connectivity index (χ0n) is 11.0. The Kier molecular flexibility index (Phi) is 3.34. The Bertz CT molecular complexity index is 779. The standard InChI is InChI=1S/C15H12Br2N2O/c1-7-5-3-4-6-9(7)15-19-13-11(17)12(18)10(16)8(2)14(13)20-15/h3-6H,18H2,1-2H3. The molecule has 1 heterocycles. The van der Waals surface area contributed by atoms with Crippen molar-refractivity contribution in [2.45, 2.75) is 13.8 Å². The van der Waals surface area contributed by atoms with Gasteiger partial charge in [-0.2, -0.15) is 0 Å². The van der Waals surface area contributed by atoms with E-state index in [1.54, 1.807) is 0 Å². The first-order valence-corrected chi connectivity index (χ1v) is 7.69. The van der Waals surface area contributed by atoms with Crippen LogP contribution in [0.4, 0.5) is 5.69 Å². The summed E-state index contributed by atoms with van der Waals surface area (Å²) in [6.45, 7) is 4.00. The first-order valence-electron chi connectivity index (χ1n) is 6.10. The summed E-state index contributed by atoms with van der Waals surface area (Å²) >= 11 is 6.98. The molecule has 3 rings (SSSR count). The molecule has 102 valence electrons. The number of oxazole rings is 1. The van der Waals surface area contributed by atoms with Crippen LogP contribution in [0.1, 0.15) is 11.1 Å². The molecule has 0 unspecified atom stereocenters. The van der Waals surface area contributed by atoms with E-state index in [1.807, 2.05) is 38.1 Å². The van der Waals surface area contributed by atoms with Gasteiger partial charge in [-0.1, -0.05) is 18.2 Å². The Morgan fingerprint density at radius 3 is 2.50 bits per heavy atom. The number of aryl methyl sites for hydroxylation is 2. The molecule has 0 aliphatic rings. The average molecular weight is 396 g/mol. The molecule has 0 saturated heterocycles. The summed E-state index contributed by atoms with van der Waals surface area (Å²) in [5.41, 5.74) is 11.3. The third-order valence-electron chi connectivity index (χ3n) is 3.35. The third kappa shape index (κ3) is 1.96. The highest BCUT2D eigenvalue weighted by molar-refractivity contribution is 9.11. The fraction of sp³-hybridized carbons (Fsp3) is 0.133. The number of fused-ring (bicyclic) bond motifs is 1. The maximum atomic E-state index is 6.05. The van der Waals surface area contributed by atoms with Crippen molar-refractivity contribution in [3.63, 3.8) is 0 Å². The van der Waals surface area contributed by atoms with Gasteiger partial charge < -0.3 is 10.2 Å². The second kappa shape index (κ2) is 4.90. The predicted octanol–water partition coefficient (Wildman–Crippen LogP) is 5.22. The van der Waals surface area contributed by atoms with Crippen LogP contribution in [0.15, 0.2) is 37.6 Å². The number of nitrogen functional groups attached to an aromatic ring is 1. The van der Waals surface area contributed by atoms with Crippen LogP contribution in [-0.4, -0.2) is 4.98 Å². The number of halogens is 2. The second-order valence-corrected chi connectivity index (χ2v) is 6.26. The molecule has 0 atom stereocenters. The van der Waals surface area contributed by atoms with E-state index in [0.717, 1.165) is 36.7 Å².